The Hall–Kier alpha value is -3.55. The minimum atomic E-state index is -0.490. The molecular formula is C16H13N5O3. The number of rotatable bonds is 4. The van der Waals surface area contributed by atoms with Crippen LogP contribution in [0, 0.1) is 17.0 Å². The highest BCUT2D eigenvalue weighted by Crippen LogP contribution is 2.12. The van der Waals surface area contributed by atoms with Crippen molar-refractivity contribution in [2.75, 3.05) is 0 Å². The Balaban J connectivity index is 1.76. The SMILES string of the molecule is Cc1c(C(=O)N/N=C/c2cccc([N+](=O)[O-])c2)nc2ccccn12. The van der Waals surface area contributed by atoms with E-state index in [1.807, 2.05) is 18.3 Å². The summed E-state index contributed by atoms with van der Waals surface area (Å²) < 4.78 is 1.80. The molecule has 2 heterocycles. The fraction of sp³-hybridized carbons (Fsp3) is 0.0625. The molecule has 3 rings (SSSR count). The summed E-state index contributed by atoms with van der Waals surface area (Å²) in [6.45, 7) is 1.79. The molecule has 1 aromatic carbocycles. The summed E-state index contributed by atoms with van der Waals surface area (Å²) in [6.07, 6.45) is 3.16. The molecule has 0 aliphatic carbocycles. The van der Waals surface area contributed by atoms with E-state index in [0.717, 1.165) is 0 Å². The van der Waals surface area contributed by atoms with E-state index in [9.17, 15) is 14.9 Å². The highest BCUT2D eigenvalue weighted by molar-refractivity contribution is 5.95. The van der Waals surface area contributed by atoms with Crippen molar-refractivity contribution in [1.82, 2.24) is 14.8 Å². The zero-order valence-corrected chi connectivity index (χ0v) is 12.7. The van der Waals surface area contributed by atoms with Gasteiger partial charge in [-0.05, 0) is 19.1 Å². The van der Waals surface area contributed by atoms with Gasteiger partial charge in [0, 0.05) is 23.9 Å². The lowest BCUT2D eigenvalue weighted by atomic mass is 10.2. The first-order valence-corrected chi connectivity index (χ1v) is 7.08. The maximum atomic E-state index is 12.2. The minimum Gasteiger partial charge on any atom is -0.304 e. The van der Waals surface area contributed by atoms with Crippen LogP contribution < -0.4 is 5.43 Å². The van der Waals surface area contributed by atoms with Crippen molar-refractivity contribution in [2.45, 2.75) is 6.92 Å². The molecule has 1 amide bonds. The number of non-ortho nitro benzene ring substituents is 1. The molecule has 8 heteroatoms. The number of hydrogen-bond acceptors (Lipinski definition) is 5. The van der Waals surface area contributed by atoms with Crippen LogP contribution in [0.4, 0.5) is 5.69 Å². The smallest absolute Gasteiger partial charge is 0.291 e. The van der Waals surface area contributed by atoms with Gasteiger partial charge in [0.2, 0.25) is 0 Å². The van der Waals surface area contributed by atoms with Crippen LogP contribution in [0.5, 0.6) is 0 Å². The van der Waals surface area contributed by atoms with Crippen LogP contribution in [-0.4, -0.2) is 26.4 Å². The Bertz CT molecular complexity index is 961. The van der Waals surface area contributed by atoms with Gasteiger partial charge in [0.15, 0.2) is 5.69 Å². The largest absolute Gasteiger partial charge is 0.304 e. The molecule has 0 aliphatic rings. The molecule has 120 valence electrons. The van der Waals surface area contributed by atoms with E-state index < -0.39 is 10.8 Å². The van der Waals surface area contributed by atoms with E-state index in [4.69, 9.17) is 0 Å². The molecule has 0 bridgehead atoms. The normalized spacial score (nSPS) is 11.0. The second-order valence-electron chi connectivity index (χ2n) is 5.03. The van der Waals surface area contributed by atoms with Crippen molar-refractivity contribution in [3.8, 4) is 0 Å². The summed E-state index contributed by atoms with van der Waals surface area (Å²) >= 11 is 0. The van der Waals surface area contributed by atoms with Gasteiger partial charge in [-0.1, -0.05) is 18.2 Å². The van der Waals surface area contributed by atoms with Gasteiger partial charge in [-0.15, -0.1) is 0 Å². The Morgan fingerprint density at radius 2 is 2.17 bits per heavy atom. The number of nitrogens with zero attached hydrogens (tertiary/aromatic N) is 4. The third-order valence-corrected chi connectivity index (χ3v) is 3.44. The lowest BCUT2D eigenvalue weighted by Crippen LogP contribution is -2.19. The average molecular weight is 323 g/mol. The van der Waals surface area contributed by atoms with Crippen molar-refractivity contribution >= 4 is 23.5 Å². The van der Waals surface area contributed by atoms with E-state index >= 15 is 0 Å². The van der Waals surface area contributed by atoms with E-state index in [-0.39, 0.29) is 11.4 Å². The third-order valence-electron chi connectivity index (χ3n) is 3.44. The van der Waals surface area contributed by atoms with Crippen molar-refractivity contribution < 1.29 is 9.72 Å². The summed E-state index contributed by atoms with van der Waals surface area (Å²) in [5, 5.41) is 14.6. The molecule has 0 unspecified atom stereocenters. The number of amides is 1. The number of nitro groups is 1. The summed E-state index contributed by atoms with van der Waals surface area (Å²) in [4.78, 5) is 26.7. The monoisotopic (exact) mass is 323 g/mol. The molecule has 0 saturated carbocycles. The van der Waals surface area contributed by atoms with Gasteiger partial charge < -0.3 is 4.40 Å². The van der Waals surface area contributed by atoms with Gasteiger partial charge >= 0.3 is 0 Å². The van der Waals surface area contributed by atoms with E-state index in [0.29, 0.717) is 16.9 Å². The van der Waals surface area contributed by atoms with Gasteiger partial charge in [-0.25, -0.2) is 10.4 Å². The molecule has 2 aromatic heterocycles. The molecule has 24 heavy (non-hydrogen) atoms. The number of fused-ring (bicyclic) bond motifs is 1. The maximum absolute atomic E-state index is 12.2. The first-order chi connectivity index (χ1) is 11.6. The lowest BCUT2D eigenvalue weighted by Gasteiger charge is -1.98. The van der Waals surface area contributed by atoms with Gasteiger partial charge in [0.05, 0.1) is 16.8 Å². The summed E-state index contributed by atoms with van der Waals surface area (Å²) in [6, 6.07) is 11.4. The summed E-state index contributed by atoms with van der Waals surface area (Å²) in [5.41, 5.74) is 4.50. The number of carbonyl (C=O) groups excluding carboxylic acids is 1. The fourth-order valence-electron chi connectivity index (χ4n) is 2.27. The van der Waals surface area contributed by atoms with Gasteiger partial charge in [0.1, 0.15) is 5.65 Å². The van der Waals surface area contributed by atoms with E-state index in [1.54, 1.807) is 29.5 Å². The first-order valence-electron chi connectivity index (χ1n) is 7.08. The number of benzene rings is 1. The number of carbonyl (C=O) groups is 1. The quantitative estimate of drug-likeness (QED) is 0.452. The van der Waals surface area contributed by atoms with Crippen LogP contribution in [0.1, 0.15) is 21.7 Å². The Labute approximate surface area is 136 Å². The van der Waals surface area contributed by atoms with Crippen molar-refractivity contribution in [3.63, 3.8) is 0 Å². The number of aromatic nitrogens is 2. The van der Waals surface area contributed by atoms with Crippen LogP contribution in [0.3, 0.4) is 0 Å². The van der Waals surface area contributed by atoms with Crippen molar-refractivity contribution in [3.05, 3.63) is 75.7 Å². The second-order valence-corrected chi connectivity index (χ2v) is 5.03. The van der Waals surface area contributed by atoms with Gasteiger partial charge in [-0.2, -0.15) is 5.10 Å². The summed E-state index contributed by atoms with van der Waals surface area (Å²) in [7, 11) is 0. The predicted molar refractivity (Wildman–Crippen MR) is 88.1 cm³/mol. The number of hydrogen-bond donors (Lipinski definition) is 1. The highest BCUT2D eigenvalue weighted by atomic mass is 16.6. The van der Waals surface area contributed by atoms with Gasteiger partial charge in [0.25, 0.3) is 11.6 Å². The molecule has 3 aromatic rings. The van der Waals surface area contributed by atoms with Crippen LogP contribution in [0.25, 0.3) is 5.65 Å². The molecule has 0 spiro atoms. The molecule has 0 radical (unpaired) electrons. The number of nitro benzene ring substituents is 1. The zero-order valence-electron chi connectivity index (χ0n) is 12.7. The van der Waals surface area contributed by atoms with Crippen LogP contribution in [-0.2, 0) is 0 Å². The summed E-state index contributed by atoms with van der Waals surface area (Å²) in [5.74, 6) is -0.446. The third kappa shape index (κ3) is 2.98. The number of imidazole rings is 1. The molecule has 8 nitrogen and oxygen atoms in total. The number of hydrazone groups is 1. The van der Waals surface area contributed by atoms with Crippen molar-refractivity contribution in [2.24, 2.45) is 5.10 Å². The number of aryl methyl sites for hydroxylation is 1. The Kier molecular flexibility index (Phi) is 4.02. The van der Waals surface area contributed by atoms with Crippen LogP contribution in [0.2, 0.25) is 0 Å². The second kappa shape index (κ2) is 6.29. The molecule has 1 N–H and O–H groups in total. The molecule has 0 aliphatic heterocycles. The van der Waals surface area contributed by atoms with E-state index in [1.165, 1.54) is 18.3 Å². The fourth-order valence-corrected chi connectivity index (χ4v) is 2.27. The molecule has 0 saturated heterocycles. The molecule has 0 atom stereocenters. The maximum Gasteiger partial charge on any atom is 0.291 e. The van der Waals surface area contributed by atoms with Crippen LogP contribution >= 0.6 is 0 Å². The molecule has 0 fully saturated rings. The topological polar surface area (TPSA) is 102 Å². The van der Waals surface area contributed by atoms with Gasteiger partial charge in [-0.3, -0.25) is 14.9 Å². The number of pyridine rings is 1. The zero-order chi connectivity index (χ0) is 17.1. The predicted octanol–water partition coefficient (Wildman–Crippen LogP) is 2.31. The first kappa shape index (κ1) is 15.3. The lowest BCUT2D eigenvalue weighted by molar-refractivity contribution is -0.384. The highest BCUT2D eigenvalue weighted by Gasteiger charge is 2.14. The standard InChI is InChI=1S/C16H13N5O3/c1-11-15(18-14-7-2-3-8-20(11)14)16(22)19-17-10-12-5-4-6-13(9-12)21(23)24/h2-10H,1H3,(H,19,22)/b17-10+. The van der Waals surface area contributed by atoms with E-state index in [2.05, 4.69) is 15.5 Å². The van der Waals surface area contributed by atoms with Crippen molar-refractivity contribution in [1.29, 1.82) is 0 Å². The average Bonchev–Trinajstić information content (AvgIpc) is 2.92. The number of nitrogens with one attached hydrogen (secondary N) is 1. The minimum absolute atomic E-state index is 0.0403. The Morgan fingerprint density at radius 3 is 2.92 bits per heavy atom. The Morgan fingerprint density at radius 1 is 1.33 bits per heavy atom. The van der Waals surface area contributed by atoms with Crippen LogP contribution in [0.15, 0.2) is 53.8 Å². The molecular weight excluding hydrogens is 310 g/mol.